The first-order valence-corrected chi connectivity index (χ1v) is 9.71. The highest BCUT2D eigenvalue weighted by molar-refractivity contribution is 5.99. The minimum Gasteiger partial charge on any atom is -0.337 e. The molecular weight excluding hydrogens is 369 g/mol. The van der Waals surface area contributed by atoms with Gasteiger partial charge in [0.1, 0.15) is 11.5 Å². The standard InChI is InChI=1S/C23H22FN3O2/c1-26-21(11-12-25-26)23(29)27-13-5-8-18(15-27)22(28)17-9-10-19(20(24)14-17)16-6-3-2-4-7-16/h2-4,6-7,9-12,14,18H,5,8,13,15H2,1H3/t18-/m0/s1. The number of amides is 1. The van der Waals surface area contributed by atoms with Gasteiger partial charge in [-0.25, -0.2) is 4.39 Å². The van der Waals surface area contributed by atoms with E-state index in [1.807, 2.05) is 30.3 Å². The SMILES string of the molecule is Cn1nccc1C(=O)N1CCC[C@H](C(=O)c2ccc(-c3ccccc3)c(F)c2)C1. The van der Waals surface area contributed by atoms with Gasteiger partial charge in [0.05, 0.1) is 0 Å². The number of nitrogens with zero attached hydrogens (tertiary/aromatic N) is 3. The van der Waals surface area contributed by atoms with Crippen molar-refractivity contribution in [3.05, 3.63) is 77.9 Å². The van der Waals surface area contributed by atoms with E-state index in [2.05, 4.69) is 5.10 Å². The van der Waals surface area contributed by atoms with Gasteiger partial charge in [-0.15, -0.1) is 0 Å². The van der Waals surface area contributed by atoms with Crippen LogP contribution in [0.5, 0.6) is 0 Å². The van der Waals surface area contributed by atoms with Gasteiger partial charge in [0, 0.05) is 43.4 Å². The number of aryl methyl sites for hydroxylation is 1. The van der Waals surface area contributed by atoms with Crippen LogP contribution in [0.2, 0.25) is 0 Å². The number of ketones is 1. The maximum Gasteiger partial charge on any atom is 0.272 e. The highest BCUT2D eigenvalue weighted by Gasteiger charge is 2.30. The summed E-state index contributed by atoms with van der Waals surface area (Å²) in [7, 11) is 1.72. The number of likely N-dealkylation sites (tertiary alicyclic amines) is 1. The molecule has 0 N–H and O–H groups in total. The van der Waals surface area contributed by atoms with Gasteiger partial charge in [-0.05, 0) is 30.5 Å². The number of benzene rings is 2. The van der Waals surface area contributed by atoms with Gasteiger partial charge in [-0.3, -0.25) is 14.3 Å². The van der Waals surface area contributed by atoms with Crippen LogP contribution in [0.1, 0.15) is 33.7 Å². The molecule has 29 heavy (non-hydrogen) atoms. The normalized spacial score (nSPS) is 16.6. The predicted molar refractivity (Wildman–Crippen MR) is 108 cm³/mol. The Hall–Kier alpha value is -3.28. The molecule has 0 bridgehead atoms. The number of hydrogen-bond donors (Lipinski definition) is 0. The summed E-state index contributed by atoms with van der Waals surface area (Å²) >= 11 is 0. The molecular formula is C23H22FN3O2. The first-order valence-electron chi connectivity index (χ1n) is 9.71. The molecule has 1 aliphatic rings. The Labute approximate surface area is 168 Å². The second kappa shape index (κ2) is 7.99. The molecule has 1 aromatic heterocycles. The quantitative estimate of drug-likeness (QED) is 0.633. The summed E-state index contributed by atoms with van der Waals surface area (Å²) in [6.45, 7) is 0.944. The van der Waals surface area contributed by atoms with E-state index in [0.717, 1.165) is 12.0 Å². The number of piperidine rings is 1. The molecule has 5 nitrogen and oxygen atoms in total. The van der Waals surface area contributed by atoms with Gasteiger partial charge in [-0.2, -0.15) is 5.10 Å². The number of Topliss-reactive ketones (excluding diaryl/α,β-unsaturated/α-hetero) is 1. The van der Waals surface area contributed by atoms with E-state index in [9.17, 15) is 14.0 Å². The average molecular weight is 391 g/mol. The highest BCUT2D eigenvalue weighted by Crippen LogP contribution is 2.27. The van der Waals surface area contributed by atoms with Crippen LogP contribution in [0.4, 0.5) is 4.39 Å². The zero-order valence-corrected chi connectivity index (χ0v) is 16.2. The summed E-state index contributed by atoms with van der Waals surface area (Å²) < 4.78 is 16.2. The molecule has 1 aliphatic heterocycles. The molecule has 0 aliphatic carbocycles. The maximum atomic E-state index is 14.7. The Morgan fingerprint density at radius 3 is 2.59 bits per heavy atom. The monoisotopic (exact) mass is 391 g/mol. The minimum atomic E-state index is -0.416. The van der Waals surface area contributed by atoms with Crippen molar-refractivity contribution in [2.75, 3.05) is 13.1 Å². The number of carbonyl (C=O) groups excluding carboxylic acids is 2. The van der Waals surface area contributed by atoms with E-state index in [-0.39, 0.29) is 17.6 Å². The van der Waals surface area contributed by atoms with Crippen molar-refractivity contribution >= 4 is 11.7 Å². The van der Waals surface area contributed by atoms with E-state index in [1.54, 1.807) is 36.3 Å². The lowest BCUT2D eigenvalue weighted by molar-refractivity contribution is 0.0628. The molecule has 1 atom stereocenters. The fourth-order valence-corrected chi connectivity index (χ4v) is 3.88. The van der Waals surface area contributed by atoms with E-state index < -0.39 is 5.82 Å². The largest absolute Gasteiger partial charge is 0.337 e. The van der Waals surface area contributed by atoms with Crippen LogP contribution >= 0.6 is 0 Å². The van der Waals surface area contributed by atoms with Crippen LogP contribution in [-0.2, 0) is 7.05 Å². The number of aromatic nitrogens is 2. The lowest BCUT2D eigenvalue weighted by Gasteiger charge is -2.32. The minimum absolute atomic E-state index is 0.119. The molecule has 4 rings (SSSR count). The summed E-state index contributed by atoms with van der Waals surface area (Å²) in [6.07, 6.45) is 3.01. The number of halogens is 1. The maximum absolute atomic E-state index is 14.7. The smallest absolute Gasteiger partial charge is 0.272 e. The molecule has 1 saturated heterocycles. The van der Waals surface area contributed by atoms with Crippen LogP contribution in [0, 0.1) is 11.7 Å². The molecule has 1 amide bonds. The summed E-state index contributed by atoms with van der Waals surface area (Å²) in [6, 6.07) is 15.6. The lowest BCUT2D eigenvalue weighted by atomic mass is 9.89. The van der Waals surface area contributed by atoms with E-state index >= 15 is 0 Å². The van der Waals surface area contributed by atoms with E-state index in [1.165, 1.54) is 10.7 Å². The van der Waals surface area contributed by atoms with Crippen LogP contribution < -0.4 is 0 Å². The Morgan fingerprint density at radius 1 is 1.10 bits per heavy atom. The molecule has 0 radical (unpaired) electrons. The van der Waals surface area contributed by atoms with Gasteiger partial charge in [-0.1, -0.05) is 42.5 Å². The zero-order valence-electron chi connectivity index (χ0n) is 16.2. The average Bonchev–Trinajstić information content (AvgIpc) is 3.19. The summed E-state index contributed by atoms with van der Waals surface area (Å²) in [5.74, 6) is -0.997. The lowest BCUT2D eigenvalue weighted by Crippen LogP contribution is -2.43. The fourth-order valence-electron chi connectivity index (χ4n) is 3.88. The zero-order chi connectivity index (χ0) is 20.4. The predicted octanol–water partition coefficient (Wildman–Crippen LogP) is 3.96. The third-order valence-corrected chi connectivity index (χ3v) is 5.46. The van der Waals surface area contributed by atoms with Crippen molar-refractivity contribution in [1.82, 2.24) is 14.7 Å². The topological polar surface area (TPSA) is 55.2 Å². The van der Waals surface area contributed by atoms with Crippen molar-refractivity contribution in [3.63, 3.8) is 0 Å². The van der Waals surface area contributed by atoms with Crippen LogP contribution in [0.15, 0.2) is 60.8 Å². The van der Waals surface area contributed by atoms with Crippen molar-refractivity contribution in [2.24, 2.45) is 13.0 Å². The summed E-state index contributed by atoms with van der Waals surface area (Å²) in [5, 5.41) is 4.04. The Kier molecular flexibility index (Phi) is 5.25. The van der Waals surface area contributed by atoms with Crippen molar-refractivity contribution in [3.8, 4) is 11.1 Å². The van der Waals surface area contributed by atoms with Gasteiger partial charge in [0.2, 0.25) is 0 Å². The van der Waals surface area contributed by atoms with Crippen LogP contribution in [0.3, 0.4) is 0 Å². The number of rotatable bonds is 4. The number of hydrogen-bond acceptors (Lipinski definition) is 3. The molecule has 2 aromatic carbocycles. The molecule has 6 heteroatoms. The van der Waals surface area contributed by atoms with Gasteiger partial charge >= 0.3 is 0 Å². The van der Waals surface area contributed by atoms with Gasteiger partial charge in [0.15, 0.2) is 5.78 Å². The third-order valence-electron chi connectivity index (χ3n) is 5.46. The second-order valence-corrected chi connectivity index (χ2v) is 7.36. The van der Waals surface area contributed by atoms with E-state index in [0.29, 0.717) is 36.3 Å². The van der Waals surface area contributed by atoms with E-state index in [4.69, 9.17) is 0 Å². The van der Waals surface area contributed by atoms with Crippen molar-refractivity contribution < 1.29 is 14.0 Å². The Morgan fingerprint density at radius 2 is 1.90 bits per heavy atom. The highest BCUT2D eigenvalue weighted by atomic mass is 19.1. The first-order chi connectivity index (χ1) is 14.0. The van der Waals surface area contributed by atoms with Gasteiger partial charge < -0.3 is 4.90 Å². The van der Waals surface area contributed by atoms with Crippen molar-refractivity contribution in [1.29, 1.82) is 0 Å². The second-order valence-electron chi connectivity index (χ2n) is 7.36. The number of carbonyl (C=O) groups is 2. The third kappa shape index (κ3) is 3.83. The van der Waals surface area contributed by atoms with Crippen molar-refractivity contribution in [2.45, 2.75) is 12.8 Å². The Balaban J connectivity index is 1.51. The molecule has 148 valence electrons. The van der Waals surface area contributed by atoms with Crippen LogP contribution in [-0.4, -0.2) is 39.5 Å². The molecule has 0 spiro atoms. The first kappa shape index (κ1) is 19.1. The fraction of sp³-hybridized carbons (Fsp3) is 0.261. The molecule has 2 heterocycles. The molecule has 0 saturated carbocycles. The summed E-state index contributed by atoms with van der Waals surface area (Å²) in [4.78, 5) is 27.4. The molecule has 3 aromatic rings. The molecule has 0 unspecified atom stereocenters. The van der Waals surface area contributed by atoms with Gasteiger partial charge in [0.25, 0.3) is 5.91 Å². The Bertz CT molecular complexity index is 1050. The van der Waals surface area contributed by atoms with Crippen LogP contribution in [0.25, 0.3) is 11.1 Å². The molecule has 1 fully saturated rings. The summed E-state index contributed by atoms with van der Waals surface area (Å²) in [5.41, 5.74) is 2.09.